The van der Waals surface area contributed by atoms with Gasteiger partial charge in [-0.3, -0.25) is 4.79 Å². The third-order valence-corrected chi connectivity index (χ3v) is 3.24. The molecule has 4 heteroatoms. The molecule has 2 aromatic carbocycles. The predicted molar refractivity (Wildman–Crippen MR) is 68.6 cm³/mol. The van der Waals surface area contributed by atoms with Crippen LogP contribution in [0.25, 0.3) is 10.8 Å². The minimum absolute atomic E-state index is 0.0849. The zero-order valence-corrected chi connectivity index (χ0v) is 9.71. The molecule has 0 aromatic heterocycles. The van der Waals surface area contributed by atoms with Crippen molar-refractivity contribution in [2.75, 3.05) is 11.4 Å². The molecule has 18 heavy (non-hydrogen) atoms. The van der Waals surface area contributed by atoms with Gasteiger partial charge in [-0.2, -0.15) is 0 Å². The Labute approximate surface area is 104 Å². The fourth-order valence-corrected chi connectivity index (χ4v) is 2.40. The van der Waals surface area contributed by atoms with Crippen LogP contribution in [0.4, 0.5) is 5.69 Å². The highest BCUT2D eigenvalue weighted by Crippen LogP contribution is 2.32. The van der Waals surface area contributed by atoms with Gasteiger partial charge in [0.05, 0.1) is 24.8 Å². The summed E-state index contributed by atoms with van der Waals surface area (Å²) in [4.78, 5) is 13.4. The maximum atomic E-state index is 11.8. The third-order valence-electron chi connectivity index (χ3n) is 3.24. The molecule has 1 fully saturated rings. The smallest absolute Gasteiger partial charge is 0.229 e. The summed E-state index contributed by atoms with van der Waals surface area (Å²) in [5, 5.41) is 20.9. The second-order valence-corrected chi connectivity index (χ2v) is 4.54. The molecule has 2 aromatic rings. The van der Waals surface area contributed by atoms with Gasteiger partial charge in [0.15, 0.2) is 0 Å². The number of rotatable bonds is 1. The van der Waals surface area contributed by atoms with Crippen LogP contribution in [0.5, 0.6) is 5.75 Å². The Morgan fingerprint density at radius 1 is 1.22 bits per heavy atom. The molecule has 0 bridgehead atoms. The van der Waals surface area contributed by atoms with Crippen LogP contribution in [-0.2, 0) is 4.79 Å². The first-order valence-corrected chi connectivity index (χ1v) is 5.85. The fraction of sp³-hybridized carbons (Fsp3) is 0.214. The Hall–Kier alpha value is -2.07. The molecule has 1 saturated heterocycles. The number of aliphatic hydroxyl groups is 1. The lowest BCUT2D eigenvalue weighted by atomic mass is 10.1. The molecule has 1 heterocycles. The monoisotopic (exact) mass is 243 g/mol. The van der Waals surface area contributed by atoms with Crippen LogP contribution in [0.15, 0.2) is 36.4 Å². The zero-order valence-electron chi connectivity index (χ0n) is 9.71. The maximum Gasteiger partial charge on any atom is 0.229 e. The number of nitrogens with zero attached hydrogens (tertiary/aromatic N) is 1. The largest absolute Gasteiger partial charge is 0.508 e. The molecule has 2 N–H and O–H groups in total. The van der Waals surface area contributed by atoms with Crippen molar-refractivity contribution in [3.05, 3.63) is 36.4 Å². The molecule has 0 radical (unpaired) electrons. The highest BCUT2D eigenvalue weighted by atomic mass is 16.3. The van der Waals surface area contributed by atoms with Crippen molar-refractivity contribution in [2.45, 2.75) is 12.5 Å². The van der Waals surface area contributed by atoms with E-state index in [0.717, 1.165) is 16.5 Å². The van der Waals surface area contributed by atoms with Crippen molar-refractivity contribution in [1.82, 2.24) is 0 Å². The Bertz CT molecular complexity index is 623. The summed E-state index contributed by atoms with van der Waals surface area (Å²) in [6.07, 6.45) is -0.445. The van der Waals surface area contributed by atoms with Crippen LogP contribution in [0.1, 0.15) is 6.42 Å². The number of hydrogen-bond acceptors (Lipinski definition) is 3. The first-order valence-electron chi connectivity index (χ1n) is 5.85. The first-order chi connectivity index (χ1) is 8.65. The van der Waals surface area contributed by atoms with E-state index in [0.29, 0.717) is 6.54 Å². The Kier molecular flexibility index (Phi) is 2.45. The lowest BCUT2D eigenvalue weighted by Gasteiger charge is -2.18. The quantitative estimate of drug-likeness (QED) is 0.800. The topological polar surface area (TPSA) is 60.8 Å². The Morgan fingerprint density at radius 3 is 2.78 bits per heavy atom. The van der Waals surface area contributed by atoms with Crippen LogP contribution < -0.4 is 4.90 Å². The van der Waals surface area contributed by atoms with Crippen LogP contribution >= 0.6 is 0 Å². The molecule has 92 valence electrons. The summed E-state index contributed by atoms with van der Waals surface area (Å²) in [7, 11) is 0. The Morgan fingerprint density at radius 2 is 2.06 bits per heavy atom. The van der Waals surface area contributed by atoms with Gasteiger partial charge in [0.1, 0.15) is 5.75 Å². The molecule has 1 aliphatic heterocycles. The van der Waals surface area contributed by atoms with Crippen LogP contribution in [0.2, 0.25) is 0 Å². The summed E-state index contributed by atoms with van der Waals surface area (Å²) >= 11 is 0. The van der Waals surface area contributed by atoms with Gasteiger partial charge in [-0.15, -0.1) is 0 Å². The molecule has 3 rings (SSSR count). The number of aliphatic hydroxyl groups excluding tert-OH is 1. The van der Waals surface area contributed by atoms with E-state index in [-0.39, 0.29) is 18.1 Å². The van der Waals surface area contributed by atoms with Crippen LogP contribution in [-0.4, -0.2) is 28.8 Å². The molecule has 0 saturated carbocycles. The normalized spacial score (nSPS) is 19.7. The second-order valence-electron chi connectivity index (χ2n) is 4.54. The maximum absolute atomic E-state index is 11.8. The van der Waals surface area contributed by atoms with E-state index >= 15 is 0 Å². The minimum Gasteiger partial charge on any atom is -0.508 e. The van der Waals surface area contributed by atoms with Crippen LogP contribution in [0, 0.1) is 0 Å². The number of phenolic OH excluding ortho intramolecular Hbond substituents is 1. The number of phenols is 1. The predicted octanol–water partition coefficient (Wildman–Crippen LogP) is 1.64. The minimum atomic E-state index is -0.606. The van der Waals surface area contributed by atoms with Gasteiger partial charge < -0.3 is 15.1 Å². The molecule has 0 aliphatic carbocycles. The van der Waals surface area contributed by atoms with Gasteiger partial charge in [0, 0.05) is 5.39 Å². The van der Waals surface area contributed by atoms with Crippen molar-refractivity contribution in [3.63, 3.8) is 0 Å². The number of hydrogen-bond donors (Lipinski definition) is 2. The van der Waals surface area contributed by atoms with E-state index in [1.165, 1.54) is 0 Å². The van der Waals surface area contributed by atoms with Gasteiger partial charge in [-0.1, -0.05) is 18.2 Å². The molecule has 1 amide bonds. The number of carbonyl (C=O) groups is 1. The number of amides is 1. The standard InChI is InChI=1S/C14H13NO3/c16-10-5-4-9-2-1-3-13(12(9)6-10)15-8-11(17)7-14(15)18/h1-6,11,16-17H,7-8H2. The van der Waals surface area contributed by atoms with E-state index in [2.05, 4.69) is 0 Å². The van der Waals surface area contributed by atoms with E-state index in [9.17, 15) is 15.0 Å². The highest BCUT2D eigenvalue weighted by molar-refractivity contribution is 6.05. The number of anilines is 1. The van der Waals surface area contributed by atoms with Crippen molar-refractivity contribution in [3.8, 4) is 5.75 Å². The molecule has 4 nitrogen and oxygen atoms in total. The average Bonchev–Trinajstić information content (AvgIpc) is 2.67. The van der Waals surface area contributed by atoms with Crippen molar-refractivity contribution in [1.29, 1.82) is 0 Å². The highest BCUT2D eigenvalue weighted by Gasteiger charge is 2.29. The number of benzene rings is 2. The molecular formula is C14H13NO3. The molecular weight excluding hydrogens is 230 g/mol. The van der Waals surface area contributed by atoms with Gasteiger partial charge >= 0.3 is 0 Å². The van der Waals surface area contributed by atoms with Gasteiger partial charge in [-0.05, 0) is 23.6 Å². The fourth-order valence-electron chi connectivity index (χ4n) is 2.40. The summed E-state index contributed by atoms with van der Waals surface area (Å²) in [6.45, 7) is 0.313. The zero-order chi connectivity index (χ0) is 12.7. The van der Waals surface area contributed by atoms with E-state index in [1.54, 1.807) is 17.0 Å². The van der Waals surface area contributed by atoms with Gasteiger partial charge in [0.25, 0.3) is 0 Å². The first kappa shape index (κ1) is 11.0. The van der Waals surface area contributed by atoms with E-state index < -0.39 is 6.10 Å². The molecule has 1 atom stereocenters. The number of carbonyl (C=O) groups excluding carboxylic acids is 1. The second kappa shape index (κ2) is 3.99. The average molecular weight is 243 g/mol. The van der Waals surface area contributed by atoms with Crippen LogP contribution in [0.3, 0.4) is 0 Å². The summed E-state index contributed by atoms with van der Waals surface area (Å²) in [5.41, 5.74) is 0.741. The van der Waals surface area contributed by atoms with Crippen molar-refractivity contribution >= 4 is 22.4 Å². The van der Waals surface area contributed by atoms with Gasteiger partial charge in [0.2, 0.25) is 5.91 Å². The molecule has 1 unspecified atom stereocenters. The van der Waals surface area contributed by atoms with E-state index in [1.807, 2.05) is 24.3 Å². The van der Waals surface area contributed by atoms with E-state index in [4.69, 9.17) is 0 Å². The summed E-state index contributed by atoms with van der Waals surface area (Å²) in [5.74, 6) is 0.0838. The van der Waals surface area contributed by atoms with Crippen molar-refractivity contribution in [2.24, 2.45) is 0 Å². The number of fused-ring (bicyclic) bond motifs is 1. The van der Waals surface area contributed by atoms with Crippen molar-refractivity contribution < 1.29 is 15.0 Å². The lowest BCUT2D eigenvalue weighted by Crippen LogP contribution is -2.25. The summed E-state index contributed by atoms with van der Waals surface area (Å²) < 4.78 is 0. The lowest BCUT2D eigenvalue weighted by molar-refractivity contribution is -0.117. The van der Waals surface area contributed by atoms with Gasteiger partial charge in [-0.25, -0.2) is 0 Å². The Balaban J connectivity index is 2.17. The SMILES string of the molecule is O=C1CC(O)CN1c1cccc2ccc(O)cc12. The number of aromatic hydroxyl groups is 1. The molecule has 1 aliphatic rings. The summed E-state index contributed by atoms with van der Waals surface area (Å²) in [6, 6.07) is 10.7. The number of β-amino-alcohol motifs (C(OH)–C–C–N with tert-alkyl or cyclic N) is 1. The third kappa shape index (κ3) is 1.71. The molecule has 0 spiro atoms.